The van der Waals surface area contributed by atoms with Gasteiger partial charge in [0.1, 0.15) is 5.82 Å². The second kappa shape index (κ2) is 4.45. The highest BCUT2D eigenvalue weighted by molar-refractivity contribution is 5.49. The average molecular weight is 195 g/mol. The molecule has 0 amide bonds. The van der Waals surface area contributed by atoms with Crippen molar-refractivity contribution < 1.29 is 4.39 Å². The number of hydrogen-bond donors (Lipinski definition) is 1. The third kappa shape index (κ3) is 2.25. The first kappa shape index (κ1) is 11.0. The molecule has 0 radical (unpaired) electrons. The van der Waals surface area contributed by atoms with Crippen LogP contribution in [-0.2, 0) is 0 Å². The van der Waals surface area contributed by atoms with E-state index in [0.29, 0.717) is 0 Å². The number of benzene rings is 1. The fraction of sp³-hybridized carbons (Fsp3) is 0.500. The minimum atomic E-state index is -0.101. The van der Waals surface area contributed by atoms with E-state index >= 15 is 0 Å². The van der Waals surface area contributed by atoms with Crippen molar-refractivity contribution in [3.05, 3.63) is 29.1 Å². The van der Waals surface area contributed by atoms with Crippen molar-refractivity contribution in [2.75, 3.05) is 11.9 Å². The van der Waals surface area contributed by atoms with E-state index in [2.05, 4.69) is 5.32 Å². The molecule has 0 heterocycles. The molecule has 78 valence electrons. The van der Waals surface area contributed by atoms with E-state index < -0.39 is 0 Å². The van der Waals surface area contributed by atoms with Gasteiger partial charge in [-0.2, -0.15) is 0 Å². The third-order valence-electron chi connectivity index (χ3n) is 2.29. The van der Waals surface area contributed by atoms with Gasteiger partial charge in [-0.3, -0.25) is 0 Å². The zero-order valence-electron chi connectivity index (χ0n) is 9.32. The summed E-state index contributed by atoms with van der Waals surface area (Å²) in [5, 5.41) is 3.12. The lowest BCUT2D eigenvalue weighted by Gasteiger charge is -2.13. The summed E-state index contributed by atoms with van der Waals surface area (Å²) in [6.45, 7) is 8.80. The van der Waals surface area contributed by atoms with Crippen LogP contribution in [-0.4, -0.2) is 6.54 Å². The molecule has 2 heteroatoms. The van der Waals surface area contributed by atoms with Gasteiger partial charge in [-0.05, 0) is 43.0 Å². The van der Waals surface area contributed by atoms with E-state index in [4.69, 9.17) is 0 Å². The number of nitrogens with one attached hydrogen (secondary N) is 1. The molecule has 0 aliphatic rings. The van der Waals surface area contributed by atoms with Crippen molar-refractivity contribution in [3.63, 3.8) is 0 Å². The van der Waals surface area contributed by atoms with Crippen LogP contribution in [0.3, 0.4) is 0 Å². The molecule has 0 atom stereocenters. The maximum atomic E-state index is 13.6. The third-order valence-corrected chi connectivity index (χ3v) is 2.29. The van der Waals surface area contributed by atoms with Gasteiger partial charge in [0.05, 0.1) is 0 Å². The summed E-state index contributed by atoms with van der Waals surface area (Å²) in [5.41, 5.74) is 2.72. The predicted molar refractivity (Wildman–Crippen MR) is 59.4 cm³/mol. The van der Waals surface area contributed by atoms with Crippen molar-refractivity contribution >= 4 is 5.69 Å². The summed E-state index contributed by atoms with van der Waals surface area (Å²) in [5.74, 6) is 0.140. The van der Waals surface area contributed by atoms with Gasteiger partial charge in [0.15, 0.2) is 0 Å². The molecule has 0 spiro atoms. The van der Waals surface area contributed by atoms with Gasteiger partial charge in [0.25, 0.3) is 0 Å². The highest BCUT2D eigenvalue weighted by Gasteiger charge is 2.10. The Balaban J connectivity index is 3.11. The molecule has 0 bridgehead atoms. The minimum Gasteiger partial charge on any atom is -0.385 e. The second-order valence-electron chi connectivity index (χ2n) is 3.87. The van der Waals surface area contributed by atoms with E-state index in [1.807, 2.05) is 33.8 Å². The van der Waals surface area contributed by atoms with E-state index in [1.165, 1.54) is 0 Å². The summed E-state index contributed by atoms with van der Waals surface area (Å²) >= 11 is 0. The molecule has 0 saturated heterocycles. The molecule has 14 heavy (non-hydrogen) atoms. The Bertz CT molecular complexity index is 295. The Kier molecular flexibility index (Phi) is 3.50. The lowest BCUT2D eigenvalue weighted by Crippen LogP contribution is -2.02. The van der Waals surface area contributed by atoms with Crippen LogP contribution in [0, 0.1) is 12.7 Å². The van der Waals surface area contributed by atoms with Crippen LogP contribution in [0.2, 0.25) is 0 Å². The molecule has 0 saturated carbocycles. The zero-order valence-corrected chi connectivity index (χ0v) is 9.32. The normalized spacial score (nSPS) is 10.7. The Hall–Kier alpha value is -1.05. The Labute approximate surface area is 85.3 Å². The molecule has 0 unspecified atom stereocenters. The van der Waals surface area contributed by atoms with Crippen LogP contribution >= 0.6 is 0 Å². The van der Waals surface area contributed by atoms with Gasteiger partial charge in [-0.15, -0.1) is 0 Å². The van der Waals surface area contributed by atoms with Gasteiger partial charge in [-0.1, -0.05) is 13.8 Å². The van der Waals surface area contributed by atoms with Crippen LogP contribution in [0.1, 0.15) is 37.8 Å². The molecule has 1 aromatic carbocycles. The Morgan fingerprint density at radius 3 is 2.43 bits per heavy atom. The number of rotatable bonds is 3. The lowest BCUT2D eigenvalue weighted by molar-refractivity contribution is 0.596. The molecule has 0 aromatic heterocycles. The fourth-order valence-electron chi connectivity index (χ4n) is 1.79. The molecular formula is C12H18FN. The lowest BCUT2D eigenvalue weighted by atomic mass is 9.97. The average Bonchev–Trinajstić information content (AvgIpc) is 2.01. The van der Waals surface area contributed by atoms with Crippen molar-refractivity contribution in [2.45, 2.75) is 33.6 Å². The number of aryl methyl sites for hydroxylation is 1. The quantitative estimate of drug-likeness (QED) is 0.775. The highest BCUT2D eigenvalue weighted by atomic mass is 19.1. The molecule has 0 fully saturated rings. The maximum absolute atomic E-state index is 13.6. The van der Waals surface area contributed by atoms with Crippen molar-refractivity contribution in [3.8, 4) is 0 Å². The van der Waals surface area contributed by atoms with Gasteiger partial charge in [0, 0.05) is 12.2 Å². The molecule has 0 aliphatic heterocycles. The Morgan fingerprint density at radius 2 is 2.00 bits per heavy atom. The summed E-state index contributed by atoms with van der Waals surface area (Å²) in [4.78, 5) is 0. The molecule has 1 rings (SSSR count). The number of hydrogen-bond acceptors (Lipinski definition) is 1. The maximum Gasteiger partial charge on any atom is 0.128 e. The predicted octanol–water partition coefficient (Wildman–Crippen LogP) is 3.69. The molecule has 0 aliphatic carbocycles. The zero-order chi connectivity index (χ0) is 10.7. The second-order valence-corrected chi connectivity index (χ2v) is 3.87. The number of halogens is 1. The number of anilines is 1. The summed E-state index contributed by atoms with van der Waals surface area (Å²) in [6.07, 6.45) is 0. The topological polar surface area (TPSA) is 12.0 Å². The smallest absolute Gasteiger partial charge is 0.128 e. The van der Waals surface area contributed by atoms with Gasteiger partial charge in [-0.25, -0.2) is 4.39 Å². The summed E-state index contributed by atoms with van der Waals surface area (Å²) in [7, 11) is 0. The molecule has 1 N–H and O–H groups in total. The van der Waals surface area contributed by atoms with Crippen LogP contribution in [0.15, 0.2) is 12.1 Å². The van der Waals surface area contributed by atoms with Crippen molar-refractivity contribution in [1.29, 1.82) is 0 Å². The van der Waals surface area contributed by atoms with Gasteiger partial charge >= 0.3 is 0 Å². The van der Waals surface area contributed by atoms with E-state index in [1.54, 1.807) is 6.07 Å². The summed E-state index contributed by atoms with van der Waals surface area (Å²) < 4.78 is 13.6. The first-order chi connectivity index (χ1) is 6.56. The minimum absolute atomic E-state index is 0.101. The van der Waals surface area contributed by atoms with E-state index in [9.17, 15) is 4.39 Å². The van der Waals surface area contributed by atoms with Crippen LogP contribution in [0.5, 0.6) is 0 Å². The van der Waals surface area contributed by atoms with Crippen LogP contribution in [0.25, 0.3) is 0 Å². The van der Waals surface area contributed by atoms with E-state index in [-0.39, 0.29) is 11.7 Å². The largest absolute Gasteiger partial charge is 0.385 e. The molecule has 1 aromatic rings. The van der Waals surface area contributed by atoms with Crippen LogP contribution in [0.4, 0.5) is 10.1 Å². The summed E-state index contributed by atoms with van der Waals surface area (Å²) in [6, 6.07) is 3.58. The molecule has 1 nitrogen and oxygen atoms in total. The van der Waals surface area contributed by atoms with Gasteiger partial charge < -0.3 is 5.32 Å². The Morgan fingerprint density at radius 1 is 1.36 bits per heavy atom. The SMILES string of the molecule is CCNc1cc(C)c(C(C)C)c(F)c1. The highest BCUT2D eigenvalue weighted by Crippen LogP contribution is 2.25. The molecular weight excluding hydrogens is 177 g/mol. The van der Waals surface area contributed by atoms with E-state index in [0.717, 1.165) is 23.4 Å². The van der Waals surface area contributed by atoms with Crippen LogP contribution < -0.4 is 5.32 Å². The monoisotopic (exact) mass is 195 g/mol. The van der Waals surface area contributed by atoms with Crippen molar-refractivity contribution in [2.24, 2.45) is 0 Å². The van der Waals surface area contributed by atoms with Crippen molar-refractivity contribution in [1.82, 2.24) is 0 Å². The fourth-order valence-corrected chi connectivity index (χ4v) is 1.79. The first-order valence-electron chi connectivity index (χ1n) is 5.10. The van der Waals surface area contributed by atoms with Gasteiger partial charge in [0.2, 0.25) is 0 Å². The standard InChI is InChI=1S/C12H18FN/c1-5-14-10-6-9(4)12(8(2)3)11(13)7-10/h6-8,14H,5H2,1-4H3. The first-order valence-corrected chi connectivity index (χ1v) is 5.10.